The van der Waals surface area contributed by atoms with Crippen molar-refractivity contribution in [3.8, 4) is 11.8 Å². The molecule has 1 fully saturated rings. The van der Waals surface area contributed by atoms with Crippen LogP contribution in [0.5, 0.6) is 0 Å². The molecule has 0 aromatic carbocycles. The minimum atomic E-state index is 0.148. The zero-order valence-electron chi connectivity index (χ0n) is 6.68. The highest BCUT2D eigenvalue weighted by Crippen LogP contribution is 2.51. The highest BCUT2D eigenvalue weighted by Gasteiger charge is 2.48. The van der Waals surface area contributed by atoms with Crippen LogP contribution < -0.4 is 0 Å². The highest BCUT2D eigenvalue weighted by atomic mass is 16.3. The Morgan fingerprint density at radius 1 is 1.09 bits per heavy atom. The van der Waals surface area contributed by atoms with Crippen LogP contribution >= 0.6 is 0 Å². The van der Waals surface area contributed by atoms with E-state index in [2.05, 4.69) is 11.8 Å². The molecule has 0 N–H and O–H groups in total. The lowest BCUT2D eigenvalue weighted by Crippen LogP contribution is -1.86. The summed E-state index contributed by atoms with van der Waals surface area (Å²) < 4.78 is 0. The Hall–Kier alpha value is -0.480. The summed E-state index contributed by atoms with van der Waals surface area (Å²) in [5.74, 6) is 8.29. The molecule has 0 spiro atoms. The molecule has 2 aliphatic carbocycles. The zero-order valence-corrected chi connectivity index (χ0v) is 6.68. The van der Waals surface area contributed by atoms with Crippen LogP contribution in [0.1, 0.15) is 25.7 Å². The molecule has 0 aromatic rings. The lowest BCUT2D eigenvalue weighted by Gasteiger charge is -1.96. The molecule has 3 atom stereocenters. The molecule has 1 nitrogen and oxygen atoms in total. The van der Waals surface area contributed by atoms with Gasteiger partial charge in [-0.3, -0.25) is 0 Å². The van der Waals surface area contributed by atoms with Gasteiger partial charge >= 0.3 is 0 Å². The molecule has 2 rings (SSSR count). The second kappa shape index (κ2) is 2.87. The topological polar surface area (TPSA) is 19.9 Å². The molecule has 11 heavy (non-hydrogen) atoms. The van der Waals surface area contributed by atoms with Gasteiger partial charge < -0.3 is 0 Å². The monoisotopic (exact) mass is 149 g/mol. The summed E-state index contributed by atoms with van der Waals surface area (Å²) in [5.41, 5.74) is 0. The number of rotatable bonds is 1. The SMILES string of the molecule is [O]C[C@H]1[C@H]2CCC#CCC[C@@H]12. The second-order valence-electron chi connectivity index (χ2n) is 3.59. The Kier molecular flexibility index (Phi) is 1.87. The van der Waals surface area contributed by atoms with E-state index in [0.717, 1.165) is 24.7 Å². The van der Waals surface area contributed by atoms with E-state index < -0.39 is 0 Å². The number of fused-ring (bicyclic) bond motifs is 1. The van der Waals surface area contributed by atoms with Gasteiger partial charge in [0.1, 0.15) is 0 Å². The molecule has 59 valence electrons. The summed E-state index contributed by atoms with van der Waals surface area (Å²) in [6.07, 6.45) is 4.42. The summed E-state index contributed by atoms with van der Waals surface area (Å²) in [4.78, 5) is 0. The first kappa shape index (κ1) is 7.18. The van der Waals surface area contributed by atoms with Crippen LogP contribution in [-0.4, -0.2) is 6.61 Å². The maximum atomic E-state index is 10.6. The minimum Gasteiger partial charge on any atom is -0.236 e. The van der Waals surface area contributed by atoms with Gasteiger partial charge in [0.15, 0.2) is 0 Å². The van der Waals surface area contributed by atoms with Gasteiger partial charge in [0.05, 0.1) is 6.61 Å². The Morgan fingerprint density at radius 3 is 2.09 bits per heavy atom. The third kappa shape index (κ3) is 1.28. The molecule has 0 unspecified atom stereocenters. The molecule has 0 aliphatic heterocycles. The predicted octanol–water partition coefficient (Wildman–Crippen LogP) is 1.86. The van der Waals surface area contributed by atoms with Gasteiger partial charge in [-0.05, 0) is 30.6 Å². The van der Waals surface area contributed by atoms with E-state index in [1.165, 1.54) is 12.8 Å². The standard InChI is InChI=1S/C10H13O/c11-7-10-8-5-3-1-2-4-6-9(8)10/h8-10H,3-7H2/t8-,9+,10-. The Morgan fingerprint density at radius 2 is 1.64 bits per heavy atom. The molecular weight excluding hydrogens is 136 g/mol. The first-order valence-corrected chi connectivity index (χ1v) is 4.47. The molecule has 2 aliphatic rings. The fourth-order valence-electron chi connectivity index (χ4n) is 2.28. The van der Waals surface area contributed by atoms with Crippen LogP contribution in [0.15, 0.2) is 0 Å². The number of hydrogen-bond donors (Lipinski definition) is 0. The normalized spacial score (nSPS) is 41.0. The maximum Gasteiger partial charge on any atom is 0.0856 e. The molecule has 0 bridgehead atoms. The first-order chi connectivity index (χ1) is 5.43. The van der Waals surface area contributed by atoms with Gasteiger partial charge in [-0.15, -0.1) is 11.8 Å². The molecule has 1 radical (unpaired) electrons. The first-order valence-electron chi connectivity index (χ1n) is 4.47. The van der Waals surface area contributed by atoms with Crippen LogP contribution in [0.2, 0.25) is 0 Å². The summed E-state index contributed by atoms with van der Waals surface area (Å²) in [5, 5.41) is 10.6. The lowest BCUT2D eigenvalue weighted by atomic mass is 10.1. The van der Waals surface area contributed by atoms with E-state index in [4.69, 9.17) is 0 Å². The summed E-state index contributed by atoms with van der Waals surface area (Å²) >= 11 is 0. The van der Waals surface area contributed by atoms with Gasteiger partial charge in [0.25, 0.3) is 0 Å². The molecule has 0 saturated heterocycles. The quantitative estimate of drug-likeness (QED) is 0.507. The van der Waals surface area contributed by atoms with Crippen molar-refractivity contribution in [3.05, 3.63) is 0 Å². The second-order valence-corrected chi connectivity index (χ2v) is 3.59. The average Bonchev–Trinajstić information content (AvgIpc) is 2.60. The van der Waals surface area contributed by atoms with Crippen LogP contribution in [0.4, 0.5) is 0 Å². The van der Waals surface area contributed by atoms with Gasteiger partial charge in [-0.25, -0.2) is 5.11 Å². The van der Waals surface area contributed by atoms with Crippen LogP contribution in [0.3, 0.4) is 0 Å². The van der Waals surface area contributed by atoms with Crippen LogP contribution in [0.25, 0.3) is 0 Å². The molecule has 0 heterocycles. The van der Waals surface area contributed by atoms with Crippen molar-refractivity contribution >= 4 is 0 Å². The summed E-state index contributed by atoms with van der Waals surface area (Å²) in [6.45, 7) is 0.148. The third-order valence-electron chi connectivity index (χ3n) is 3.03. The van der Waals surface area contributed by atoms with Crippen molar-refractivity contribution in [2.45, 2.75) is 25.7 Å². The summed E-state index contributed by atoms with van der Waals surface area (Å²) in [6, 6.07) is 0. The van der Waals surface area contributed by atoms with Crippen molar-refractivity contribution in [1.82, 2.24) is 0 Å². The third-order valence-corrected chi connectivity index (χ3v) is 3.03. The Balaban J connectivity index is 1.93. The van der Waals surface area contributed by atoms with E-state index >= 15 is 0 Å². The van der Waals surface area contributed by atoms with Gasteiger partial charge in [-0.2, -0.15) is 0 Å². The van der Waals surface area contributed by atoms with E-state index in [1.807, 2.05) is 0 Å². The lowest BCUT2D eigenvalue weighted by molar-refractivity contribution is 0.169. The van der Waals surface area contributed by atoms with Crippen molar-refractivity contribution in [2.24, 2.45) is 17.8 Å². The van der Waals surface area contributed by atoms with E-state index in [-0.39, 0.29) is 6.61 Å². The smallest absolute Gasteiger partial charge is 0.0856 e. The number of hydrogen-bond acceptors (Lipinski definition) is 0. The molecular formula is C10H13O. The van der Waals surface area contributed by atoms with E-state index in [1.54, 1.807) is 0 Å². The average molecular weight is 149 g/mol. The fraction of sp³-hybridized carbons (Fsp3) is 0.800. The predicted molar refractivity (Wildman–Crippen MR) is 42.3 cm³/mol. The van der Waals surface area contributed by atoms with Gasteiger partial charge in [0, 0.05) is 12.8 Å². The van der Waals surface area contributed by atoms with Crippen molar-refractivity contribution in [2.75, 3.05) is 6.61 Å². The molecule has 0 amide bonds. The molecule has 0 aromatic heterocycles. The Bertz CT molecular complexity index is 181. The fourth-order valence-corrected chi connectivity index (χ4v) is 2.28. The molecule has 1 saturated carbocycles. The minimum absolute atomic E-state index is 0.148. The Labute approximate surface area is 67.8 Å². The summed E-state index contributed by atoms with van der Waals surface area (Å²) in [7, 11) is 0. The van der Waals surface area contributed by atoms with Gasteiger partial charge in [-0.1, -0.05) is 0 Å². The van der Waals surface area contributed by atoms with Crippen molar-refractivity contribution in [1.29, 1.82) is 0 Å². The van der Waals surface area contributed by atoms with Gasteiger partial charge in [0.2, 0.25) is 0 Å². The van der Waals surface area contributed by atoms with Crippen LogP contribution in [-0.2, 0) is 5.11 Å². The van der Waals surface area contributed by atoms with E-state index in [0.29, 0.717) is 5.92 Å². The van der Waals surface area contributed by atoms with Crippen molar-refractivity contribution < 1.29 is 5.11 Å². The largest absolute Gasteiger partial charge is 0.236 e. The van der Waals surface area contributed by atoms with Crippen molar-refractivity contribution in [3.63, 3.8) is 0 Å². The maximum absolute atomic E-state index is 10.6. The zero-order chi connectivity index (χ0) is 7.68. The highest BCUT2D eigenvalue weighted by molar-refractivity contribution is 5.07. The van der Waals surface area contributed by atoms with Crippen LogP contribution in [0, 0.1) is 29.6 Å². The molecule has 1 heteroatoms. The van der Waals surface area contributed by atoms with E-state index in [9.17, 15) is 5.11 Å².